The fraction of sp³-hybridized carbons (Fsp3) is 0.231. The molecule has 0 unspecified atom stereocenters. The molecular formula is C13H15N. The first-order valence-corrected chi connectivity index (χ1v) is 5.05. The Kier molecular flexibility index (Phi) is 2.40. The van der Waals surface area contributed by atoms with Gasteiger partial charge in [-0.05, 0) is 31.0 Å². The van der Waals surface area contributed by atoms with Crippen LogP contribution in [0.15, 0.2) is 36.4 Å². The summed E-state index contributed by atoms with van der Waals surface area (Å²) in [5.41, 5.74) is 5.13. The molecule has 1 heteroatoms. The third-order valence-corrected chi connectivity index (χ3v) is 2.56. The first-order valence-electron chi connectivity index (χ1n) is 5.05. The fourth-order valence-electron chi connectivity index (χ4n) is 1.68. The number of hydrogen-bond donors (Lipinski definition) is 1. The lowest BCUT2D eigenvalue weighted by Gasteiger charge is -2.02. The van der Waals surface area contributed by atoms with Gasteiger partial charge in [-0.15, -0.1) is 0 Å². The molecule has 1 heterocycles. The summed E-state index contributed by atoms with van der Waals surface area (Å²) in [7, 11) is 0. The monoisotopic (exact) mass is 185 g/mol. The van der Waals surface area contributed by atoms with Gasteiger partial charge in [-0.25, -0.2) is 0 Å². The second-order valence-corrected chi connectivity index (χ2v) is 3.57. The predicted octanol–water partition coefficient (Wildman–Crippen LogP) is 3.55. The zero-order valence-corrected chi connectivity index (χ0v) is 8.67. The van der Waals surface area contributed by atoms with Crippen LogP contribution in [0.1, 0.15) is 18.2 Å². The van der Waals surface area contributed by atoms with Crippen LogP contribution in [0.3, 0.4) is 0 Å². The number of benzene rings is 1. The molecule has 0 fully saturated rings. The van der Waals surface area contributed by atoms with Crippen LogP contribution in [0.4, 0.5) is 0 Å². The van der Waals surface area contributed by atoms with Gasteiger partial charge in [-0.2, -0.15) is 0 Å². The molecule has 1 N–H and O–H groups in total. The van der Waals surface area contributed by atoms with Gasteiger partial charge in [0, 0.05) is 17.0 Å². The van der Waals surface area contributed by atoms with Gasteiger partial charge < -0.3 is 4.98 Å². The van der Waals surface area contributed by atoms with Gasteiger partial charge in [-0.1, -0.05) is 31.2 Å². The SMILES string of the molecule is CCc1ccc(-c2ccccc2C)[nH]1. The molecule has 0 aliphatic carbocycles. The fourth-order valence-corrected chi connectivity index (χ4v) is 1.68. The molecule has 0 radical (unpaired) electrons. The smallest absolute Gasteiger partial charge is 0.0458 e. The highest BCUT2D eigenvalue weighted by molar-refractivity contribution is 5.63. The molecule has 1 aromatic carbocycles. The lowest BCUT2D eigenvalue weighted by Crippen LogP contribution is -1.83. The first kappa shape index (κ1) is 9.07. The second kappa shape index (κ2) is 3.70. The van der Waals surface area contributed by atoms with E-state index in [1.54, 1.807) is 0 Å². The van der Waals surface area contributed by atoms with Crippen LogP contribution < -0.4 is 0 Å². The number of aromatic nitrogens is 1. The lowest BCUT2D eigenvalue weighted by atomic mass is 10.1. The minimum atomic E-state index is 1.06. The molecule has 72 valence electrons. The Hall–Kier alpha value is -1.50. The van der Waals surface area contributed by atoms with Crippen molar-refractivity contribution >= 4 is 0 Å². The highest BCUT2D eigenvalue weighted by Crippen LogP contribution is 2.22. The van der Waals surface area contributed by atoms with E-state index in [9.17, 15) is 0 Å². The number of hydrogen-bond acceptors (Lipinski definition) is 0. The highest BCUT2D eigenvalue weighted by atomic mass is 14.7. The summed E-state index contributed by atoms with van der Waals surface area (Å²) in [6.07, 6.45) is 1.06. The standard InChI is InChI=1S/C13H15N/c1-3-11-8-9-13(14-11)12-7-5-4-6-10(12)2/h4-9,14H,3H2,1-2H3. The van der Waals surface area contributed by atoms with Gasteiger partial charge in [0.15, 0.2) is 0 Å². The summed E-state index contributed by atoms with van der Waals surface area (Å²) in [6, 6.07) is 12.8. The average Bonchev–Trinajstić information content (AvgIpc) is 2.67. The van der Waals surface area contributed by atoms with Crippen molar-refractivity contribution in [2.45, 2.75) is 20.3 Å². The number of H-pyrrole nitrogens is 1. The molecule has 0 aliphatic heterocycles. The van der Waals surface area contributed by atoms with Crippen LogP contribution in [0, 0.1) is 6.92 Å². The van der Waals surface area contributed by atoms with Crippen LogP contribution in [0.5, 0.6) is 0 Å². The largest absolute Gasteiger partial charge is 0.358 e. The van der Waals surface area contributed by atoms with Gasteiger partial charge in [-0.3, -0.25) is 0 Å². The van der Waals surface area contributed by atoms with Gasteiger partial charge >= 0.3 is 0 Å². The Morgan fingerprint density at radius 3 is 2.50 bits per heavy atom. The summed E-state index contributed by atoms with van der Waals surface area (Å²) in [5, 5.41) is 0. The van der Waals surface area contributed by atoms with Crippen LogP contribution in [-0.4, -0.2) is 4.98 Å². The van der Waals surface area contributed by atoms with Crippen molar-refractivity contribution in [3.05, 3.63) is 47.7 Å². The molecule has 1 aromatic heterocycles. The Morgan fingerprint density at radius 1 is 1.07 bits per heavy atom. The summed E-state index contributed by atoms with van der Waals surface area (Å²) in [6.45, 7) is 4.30. The molecule has 1 nitrogen and oxygen atoms in total. The molecule has 0 atom stereocenters. The second-order valence-electron chi connectivity index (χ2n) is 3.57. The Balaban J connectivity index is 2.44. The Morgan fingerprint density at radius 2 is 1.86 bits per heavy atom. The van der Waals surface area contributed by atoms with Crippen molar-refractivity contribution in [3.8, 4) is 11.3 Å². The van der Waals surface area contributed by atoms with Crippen LogP contribution >= 0.6 is 0 Å². The molecular weight excluding hydrogens is 170 g/mol. The number of aryl methyl sites for hydroxylation is 2. The topological polar surface area (TPSA) is 15.8 Å². The molecule has 0 aliphatic rings. The molecule has 2 rings (SSSR count). The normalized spacial score (nSPS) is 10.4. The van der Waals surface area contributed by atoms with E-state index < -0.39 is 0 Å². The van der Waals surface area contributed by atoms with Crippen LogP contribution in [-0.2, 0) is 6.42 Å². The predicted molar refractivity (Wildman–Crippen MR) is 60.3 cm³/mol. The third kappa shape index (κ3) is 1.58. The molecule has 0 spiro atoms. The van der Waals surface area contributed by atoms with E-state index in [2.05, 4.69) is 55.2 Å². The van der Waals surface area contributed by atoms with Crippen molar-refractivity contribution in [2.75, 3.05) is 0 Å². The Bertz CT molecular complexity index is 426. The third-order valence-electron chi connectivity index (χ3n) is 2.56. The van der Waals surface area contributed by atoms with Crippen molar-refractivity contribution in [3.63, 3.8) is 0 Å². The lowest BCUT2D eigenvalue weighted by molar-refractivity contribution is 1.06. The number of nitrogens with one attached hydrogen (secondary N) is 1. The summed E-state index contributed by atoms with van der Waals surface area (Å²) < 4.78 is 0. The molecule has 2 aromatic rings. The number of rotatable bonds is 2. The zero-order valence-electron chi connectivity index (χ0n) is 8.67. The Labute approximate surface area is 84.8 Å². The quantitative estimate of drug-likeness (QED) is 0.736. The van der Waals surface area contributed by atoms with E-state index in [1.807, 2.05) is 0 Å². The van der Waals surface area contributed by atoms with Gasteiger partial charge in [0.2, 0.25) is 0 Å². The van der Waals surface area contributed by atoms with Crippen LogP contribution in [0.25, 0.3) is 11.3 Å². The van der Waals surface area contributed by atoms with Gasteiger partial charge in [0.1, 0.15) is 0 Å². The van der Waals surface area contributed by atoms with E-state index in [-0.39, 0.29) is 0 Å². The van der Waals surface area contributed by atoms with E-state index >= 15 is 0 Å². The van der Waals surface area contributed by atoms with Crippen molar-refractivity contribution in [1.29, 1.82) is 0 Å². The average molecular weight is 185 g/mol. The van der Waals surface area contributed by atoms with Crippen molar-refractivity contribution in [2.24, 2.45) is 0 Å². The molecule has 0 bridgehead atoms. The van der Waals surface area contributed by atoms with Crippen molar-refractivity contribution < 1.29 is 0 Å². The molecule has 0 saturated heterocycles. The minimum absolute atomic E-state index is 1.06. The first-order chi connectivity index (χ1) is 6.81. The summed E-state index contributed by atoms with van der Waals surface area (Å²) in [4.78, 5) is 3.42. The van der Waals surface area contributed by atoms with E-state index in [0.717, 1.165) is 6.42 Å². The highest BCUT2D eigenvalue weighted by Gasteiger charge is 2.02. The maximum atomic E-state index is 3.42. The maximum absolute atomic E-state index is 3.42. The zero-order chi connectivity index (χ0) is 9.97. The molecule has 0 saturated carbocycles. The van der Waals surface area contributed by atoms with E-state index in [1.165, 1.54) is 22.5 Å². The van der Waals surface area contributed by atoms with E-state index in [4.69, 9.17) is 0 Å². The minimum Gasteiger partial charge on any atom is -0.358 e. The summed E-state index contributed by atoms with van der Waals surface area (Å²) >= 11 is 0. The number of aromatic amines is 1. The maximum Gasteiger partial charge on any atom is 0.0458 e. The molecule has 0 amide bonds. The van der Waals surface area contributed by atoms with Gasteiger partial charge in [0.25, 0.3) is 0 Å². The van der Waals surface area contributed by atoms with E-state index in [0.29, 0.717) is 0 Å². The van der Waals surface area contributed by atoms with Gasteiger partial charge in [0.05, 0.1) is 0 Å². The van der Waals surface area contributed by atoms with Crippen molar-refractivity contribution in [1.82, 2.24) is 4.98 Å². The molecule has 14 heavy (non-hydrogen) atoms. The van der Waals surface area contributed by atoms with Crippen LogP contribution in [0.2, 0.25) is 0 Å². The summed E-state index contributed by atoms with van der Waals surface area (Å²) in [5.74, 6) is 0.